The molecule has 1 fully saturated rings. The molecule has 0 spiro atoms. The summed E-state index contributed by atoms with van der Waals surface area (Å²) in [6.07, 6.45) is 26.6. The Labute approximate surface area is 615 Å². The number of aryl methyl sites for hydroxylation is 1. The lowest BCUT2D eigenvalue weighted by molar-refractivity contribution is -0.122. The fourth-order valence-corrected chi connectivity index (χ4v) is 11.9. The minimum absolute atomic E-state index is 0. The zero-order valence-electron chi connectivity index (χ0n) is 66.2. The van der Waals surface area contributed by atoms with Crippen LogP contribution >= 0.6 is 0 Å². The number of sulfone groups is 2. The maximum atomic E-state index is 11.9. The Morgan fingerprint density at radius 3 is 1.43 bits per heavy atom. The zero-order valence-corrected chi connectivity index (χ0v) is 67.9. The second kappa shape index (κ2) is 51.6. The largest absolute Gasteiger partial charge is 0.493 e. The topological polar surface area (TPSA) is 181 Å². The van der Waals surface area contributed by atoms with Crippen LogP contribution in [0.1, 0.15) is 274 Å². The van der Waals surface area contributed by atoms with Gasteiger partial charge < -0.3 is 14.2 Å². The molecule has 0 radical (unpaired) electrons. The number of hydrogen-bond acceptors (Lipinski definition) is 12. The molecular formula is C87H136O12S2. The molecule has 0 saturated heterocycles. The van der Waals surface area contributed by atoms with Gasteiger partial charge in [-0.15, -0.1) is 0 Å². The van der Waals surface area contributed by atoms with Gasteiger partial charge in [0.25, 0.3) is 0 Å². The van der Waals surface area contributed by atoms with Gasteiger partial charge in [0.2, 0.25) is 5.75 Å². The maximum Gasteiger partial charge on any atom is 0.203 e. The van der Waals surface area contributed by atoms with Crippen molar-refractivity contribution in [2.75, 3.05) is 27.1 Å². The number of carbonyl (C=O) groups excluding carboxylic acids is 5. The van der Waals surface area contributed by atoms with Gasteiger partial charge in [0.05, 0.1) is 36.7 Å². The second-order valence-corrected chi connectivity index (χ2v) is 33.9. The SMILES string of the molecule is C.CC(=O)/C=C(\C)CCC=C(C)C.CC(C)C(=O)C1=CCc2ccccc21.CC(C)C(=O)CCC1=CCc2ccccc21.CC(C)C1CC1.CCCCCCCCCC(=O)C(C)C.CCS(=O)(=O)C(C)C.COc1cc(C(=O)C(C)C)cc(OC)c1OC.Cc1ccc(S(=O)(=O)C(C)C)cc1. The molecule has 14 heteroatoms. The van der Waals surface area contributed by atoms with E-state index in [9.17, 15) is 40.8 Å². The Bertz CT molecular complexity index is 3430. The smallest absolute Gasteiger partial charge is 0.203 e. The fraction of sp³-hybridized carbons (Fsp3) is 0.575. The van der Waals surface area contributed by atoms with Gasteiger partial charge in [-0.3, -0.25) is 24.0 Å². The van der Waals surface area contributed by atoms with E-state index in [-0.39, 0.29) is 64.7 Å². The lowest BCUT2D eigenvalue weighted by Gasteiger charge is -2.14. The molecule has 0 bridgehead atoms. The van der Waals surface area contributed by atoms with Crippen LogP contribution in [0.5, 0.6) is 17.2 Å². The van der Waals surface area contributed by atoms with Gasteiger partial charge in [0.15, 0.2) is 48.5 Å². The van der Waals surface area contributed by atoms with Gasteiger partial charge >= 0.3 is 0 Å². The first-order valence-corrected chi connectivity index (χ1v) is 40.0. The van der Waals surface area contributed by atoms with Gasteiger partial charge in [-0.2, -0.15) is 0 Å². The minimum Gasteiger partial charge on any atom is -0.493 e. The van der Waals surface area contributed by atoms with Crippen molar-refractivity contribution in [3.8, 4) is 17.2 Å². The average molecular weight is 1440 g/mol. The molecule has 0 aliphatic heterocycles. The van der Waals surface area contributed by atoms with E-state index in [4.69, 9.17) is 14.2 Å². The monoisotopic (exact) mass is 1440 g/mol. The molecule has 0 atom stereocenters. The minimum atomic E-state index is -3.09. The molecule has 0 aromatic heterocycles. The van der Waals surface area contributed by atoms with E-state index >= 15 is 0 Å². The molecule has 568 valence electrons. The number of rotatable bonds is 29. The predicted octanol–water partition coefficient (Wildman–Crippen LogP) is 22.3. The normalized spacial score (nSPS) is 12.6. The van der Waals surface area contributed by atoms with Crippen molar-refractivity contribution in [3.63, 3.8) is 0 Å². The van der Waals surface area contributed by atoms with Crippen molar-refractivity contribution in [3.05, 3.63) is 154 Å². The number of methoxy groups -OCH3 is 3. The lowest BCUT2D eigenvalue weighted by Crippen LogP contribution is -2.15. The van der Waals surface area contributed by atoms with Gasteiger partial charge in [-0.1, -0.05) is 225 Å². The zero-order chi connectivity index (χ0) is 76.5. The fourth-order valence-electron chi connectivity index (χ4n) is 10.2. The van der Waals surface area contributed by atoms with Crippen LogP contribution < -0.4 is 14.2 Å². The summed E-state index contributed by atoms with van der Waals surface area (Å²) < 4.78 is 60.3. The number of unbranched alkanes of at least 4 members (excludes halogenated alkanes) is 6. The Balaban J connectivity index is 0. The van der Waals surface area contributed by atoms with Gasteiger partial charge in [0.1, 0.15) is 11.6 Å². The van der Waals surface area contributed by atoms with Gasteiger partial charge in [-0.05, 0) is 184 Å². The van der Waals surface area contributed by atoms with E-state index in [2.05, 4.69) is 77.1 Å². The van der Waals surface area contributed by atoms with Crippen LogP contribution in [-0.2, 0) is 51.7 Å². The van der Waals surface area contributed by atoms with Crippen molar-refractivity contribution in [2.45, 2.75) is 271 Å². The summed E-state index contributed by atoms with van der Waals surface area (Å²) in [7, 11) is -1.24. The average Bonchev–Trinajstić information content (AvgIpc) is 1.81. The van der Waals surface area contributed by atoms with E-state index in [1.807, 2.05) is 106 Å². The molecule has 4 aromatic carbocycles. The van der Waals surface area contributed by atoms with Crippen molar-refractivity contribution >= 4 is 59.7 Å². The predicted molar refractivity (Wildman–Crippen MR) is 428 cm³/mol. The summed E-state index contributed by atoms with van der Waals surface area (Å²) in [5, 5.41) is -0.567. The molecule has 4 aromatic rings. The van der Waals surface area contributed by atoms with E-state index in [1.165, 1.54) is 106 Å². The molecule has 3 aliphatic rings. The molecule has 1 saturated carbocycles. The Kier molecular flexibility index (Phi) is 49.3. The number of fused-ring (bicyclic) bond motifs is 2. The quantitative estimate of drug-likeness (QED) is 0.0217. The number of hydrogen-bond donors (Lipinski definition) is 0. The van der Waals surface area contributed by atoms with E-state index in [1.54, 1.807) is 71.9 Å². The van der Waals surface area contributed by atoms with Gasteiger partial charge in [-0.25, -0.2) is 16.8 Å². The first kappa shape index (κ1) is 96.5. The van der Waals surface area contributed by atoms with Gasteiger partial charge in [0, 0.05) is 53.4 Å². The number of ketones is 5. The van der Waals surface area contributed by atoms with E-state index < -0.39 is 19.7 Å². The molecule has 7 rings (SSSR count). The molecular weight excluding hydrogens is 1300 g/mol. The van der Waals surface area contributed by atoms with Crippen LogP contribution in [0.25, 0.3) is 11.1 Å². The number of ether oxygens (including phenoxy) is 3. The number of carbonyl (C=O) groups is 5. The lowest BCUT2D eigenvalue weighted by atomic mass is 9.96. The summed E-state index contributed by atoms with van der Waals surface area (Å²) in [5.41, 5.74) is 11.6. The Hall–Kier alpha value is -6.51. The highest BCUT2D eigenvalue weighted by molar-refractivity contribution is 7.92. The summed E-state index contributed by atoms with van der Waals surface area (Å²) >= 11 is 0. The standard InChI is InChI=1S/C15H18O.C13H18O4.C13H14O.C13H26O.C11H18O.C10H14O2S.C6H12.C5H12O2S.CH4/c1-11(2)15(16)10-9-13-8-7-12-5-3-4-6-14(12)13;1-8(2)12(14)9-6-10(15-3)13(17-5)11(7-9)16-4;1-9(2)13(14)12-8-7-10-5-3-4-6-11(10)12;1-4-5-6-7-8-9-10-11-13(14)12(2)3;1-9(2)6-5-7-10(3)8-11(4)12;1-8(2)13(11,12)10-6-4-9(3)5-7-10;1-5(2)6-3-4-6;1-4-8(6,7)5(2)3;/h3-6,8,11H,7,9-10H2,1-2H3;6-8H,1-5H3;3-6,8-9H,7H2,1-2H3;12H,4-11H2,1-3H3;6,8H,5,7H2,1-4H3;4-8H,1-3H3;5-6H,3-4H2,1-2H3;5H,4H2,1-3H3;1H4/b;;;;10-8+;;;;. The molecule has 0 amide bonds. The number of allylic oxidation sites excluding steroid dienone is 8. The highest BCUT2D eigenvalue weighted by Crippen LogP contribution is 2.39. The highest BCUT2D eigenvalue weighted by Gasteiger charge is 2.25. The summed E-state index contributed by atoms with van der Waals surface area (Å²) in [6.45, 7) is 40.5. The van der Waals surface area contributed by atoms with Crippen molar-refractivity contribution < 1.29 is 55.0 Å². The van der Waals surface area contributed by atoms with Crippen LogP contribution in [0.4, 0.5) is 0 Å². The first-order chi connectivity index (χ1) is 46.9. The van der Waals surface area contributed by atoms with Crippen LogP contribution in [0.15, 0.2) is 125 Å². The van der Waals surface area contributed by atoms with Crippen molar-refractivity contribution in [1.29, 1.82) is 0 Å². The van der Waals surface area contributed by atoms with Crippen LogP contribution in [-0.4, -0.2) is 83.3 Å². The van der Waals surface area contributed by atoms with E-state index in [0.29, 0.717) is 45.7 Å². The molecule has 0 unspecified atom stereocenters. The summed E-state index contributed by atoms with van der Waals surface area (Å²) in [5.74, 6) is 5.47. The molecule has 12 nitrogen and oxygen atoms in total. The highest BCUT2D eigenvalue weighted by atomic mass is 32.2. The summed E-state index contributed by atoms with van der Waals surface area (Å²) in [4.78, 5) is 57.7. The second-order valence-electron chi connectivity index (χ2n) is 28.5. The Morgan fingerprint density at radius 2 is 1.02 bits per heavy atom. The number of benzene rings is 4. The third-order valence-corrected chi connectivity index (χ3v) is 21.6. The molecule has 0 heterocycles. The third kappa shape index (κ3) is 39.1. The Morgan fingerprint density at radius 1 is 0.545 bits per heavy atom. The maximum absolute atomic E-state index is 11.9. The van der Waals surface area contributed by atoms with E-state index in [0.717, 1.165) is 73.5 Å². The molecule has 101 heavy (non-hydrogen) atoms. The first-order valence-electron chi connectivity index (χ1n) is 36.7. The summed E-state index contributed by atoms with van der Waals surface area (Å²) in [6, 6.07) is 26.9. The van der Waals surface area contributed by atoms with Crippen LogP contribution in [0.2, 0.25) is 0 Å². The van der Waals surface area contributed by atoms with Crippen LogP contribution in [0, 0.1) is 42.4 Å². The number of Topliss-reactive ketones (excluding diaryl/α,β-unsaturated/α-hetero) is 4. The van der Waals surface area contributed by atoms with Crippen molar-refractivity contribution in [1.82, 2.24) is 0 Å². The van der Waals surface area contributed by atoms with Crippen LogP contribution in [0.3, 0.4) is 0 Å². The van der Waals surface area contributed by atoms with Crippen molar-refractivity contribution in [2.24, 2.45) is 35.5 Å². The molecule has 0 N–H and O–H groups in total. The third-order valence-electron chi connectivity index (χ3n) is 17.2. The molecule has 3 aliphatic carbocycles.